The lowest BCUT2D eigenvalue weighted by atomic mass is 9.95. The number of pyridine rings is 1. The van der Waals surface area contributed by atoms with E-state index in [-0.39, 0.29) is 12.1 Å². The summed E-state index contributed by atoms with van der Waals surface area (Å²) in [6, 6.07) is 16.2. The molecule has 0 amide bonds. The van der Waals surface area contributed by atoms with Crippen LogP contribution >= 0.6 is 11.8 Å². The molecule has 5 heteroatoms. The summed E-state index contributed by atoms with van der Waals surface area (Å²) in [5.41, 5.74) is 3.74. The van der Waals surface area contributed by atoms with E-state index in [4.69, 9.17) is 4.99 Å². The third-order valence-electron chi connectivity index (χ3n) is 5.98. The summed E-state index contributed by atoms with van der Waals surface area (Å²) in [6.45, 7) is 6.80. The minimum atomic E-state index is 0.0458. The van der Waals surface area contributed by atoms with Crippen molar-refractivity contribution in [3.63, 3.8) is 0 Å². The van der Waals surface area contributed by atoms with Crippen LogP contribution in [0.4, 0.5) is 0 Å². The quantitative estimate of drug-likeness (QED) is 0.582. The van der Waals surface area contributed by atoms with Crippen LogP contribution in [0.5, 0.6) is 0 Å². The molecule has 2 aromatic heterocycles. The summed E-state index contributed by atoms with van der Waals surface area (Å²) < 4.78 is 2.41. The molecule has 4 heterocycles. The van der Waals surface area contributed by atoms with Crippen molar-refractivity contribution < 1.29 is 0 Å². The molecule has 2 aliphatic rings. The molecule has 144 valence electrons. The Morgan fingerprint density at radius 1 is 1.14 bits per heavy atom. The standard InChI is InChI=1S/C23H26N4S/c1-4-16-14-28-23-25-21(19-10-7-8-12-24-19)22(27(16)23)18-13-26(15(2)3)20-11-6-5-9-17(18)20/h5-13,15-16,21-22H,4,14H2,1-3H3/t16-,21-,22+/m1/s1. The van der Waals surface area contributed by atoms with Crippen LogP contribution in [-0.2, 0) is 0 Å². The molecule has 5 rings (SSSR count). The average Bonchev–Trinajstić information content (AvgIpc) is 3.39. The summed E-state index contributed by atoms with van der Waals surface area (Å²) in [5, 5.41) is 2.53. The molecule has 1 aromatic carbocycles. The largest absolute Gasteiger partial charge is 0.345 e. The number of amidine groups is 1. The number of thioether (sulfide) groups is 1. The van der Waals surface area contributed by atoms with E-state index in [9.17, 15) is 0 Å². The van der Waals surface area contributed by atoms with Crippen molar-refractivity contribution in [2.75, 3.05) is 5.75 Å². The molecular formula is C23H26N4S. The van der Waals surface area contributed by atoms with Crippen molar-refractivity contribution >= 4 is 27.8 Å². The summed E-state index contributed by atoms with van der Waals surface area (Å²) in [7, 11) is 0. The number of fused-ring (bicyclic) bond motifs is 2. The molecule has 0 spiro atoms. The molecule has 0 N–H and O–H groups in total. The molecule has 3 atom stereocenters. The highest BCUT2D eigenvalue weighted by Gasteiger charge is 2.46. The van der Waals surface area contributed by atoms with Gasteiger partial charge in [0, 0.05) is 46.7 Å². The van der Waals surface area contributed by atoms with Crippen LogP contribution in [-0.4, -0.2) is 31.4 Å². The van der Waals surface area contributed by atoms with Gasteiger partial charge < -0.3 is 9.47 Å². The van der Waals surface area contributed by atoms with Crippen molar-refractivity contribution in [1.29, 1.82) is 0 Å². The fourth-order valence-corrected chi connectivity index (χ4v) is 5.92. The Morgan fingerprint density at radius 2 is 1.96 bits per heavy atom. The van der Waals surface area contributed by atoms with E-state index in [0.717, 1.165) is 17.9 Å². The number of hydrogen-bond donors (Lipinski definition) is 0. The number of benzene rings is 1. The molecule has 0 radical (unpaired) electrons. The Kier molecular flexibility index (Phi) is 4.43. The number of aliphatic imine (C=N–C) groups is 1. The first-order valence-electron chi connectivity index (χ1n) is 10.2. The van der Waals surface area contributed by atoms with Gasteiger partial charge in [0.05, 0.1) is 11.7 Å². The first-order chi connectivity index (χ1) is 13.7. The van der Waals surface area contributed by atoms with E-state index in [1.807, 2.05) is 24.0 Å². The molecule has 1 fully saturated rings. The van der Waals surface area contributed by atoms with Gasteiger partial charge in [0.2, 0.25) is 0 Å². The van der Waals surface area contributed by atoms with Crippen molar-refractivity contribution in [2.45, 2.75) is 51.4 Å². The number of aromatic nitrogens is 2. The third-order valence-corrected chi connectivity index (χ3v) is 7.10. The van der Waals surface area contributed by atoms with Gasteiger partial charge in [-0.25, -0.2) is 0 Å². The molecule has 0 unspecified atom stereocenters. The molecule has 0 aliphatic carbocycles. The molecule has 0 saturated carbocycles. The second kappa shape index (κ2) is 6.96. The van der Waals surface area contributed by atoms with Crippen LogP contribution < -0.4 is 0 Å². The van der Waals surface area contributed by atoms with E-state index < -0.39 is 0 Å². The van der Waals surface area contributed by atoms with Gasteiger partial charge >= 0.3 is 0 Å². The van der Waals surface area contributed by atoms with Gasteiger partial charge in [-0.3, -0.25) is 9.98 Å². The van der Waals surface area contributed by atoms with Crippen molar-refractivity contribution in [3.05, 3.63) is 66.1 Å². The molecule has 28 heavy (non-hydrogen) atoms. The summed E-state index contributed by atoms with van der Waals surface area (Å²) >= 11 is 1.90. The Hall–Kier alpha value is -2.27. The molecule has 4 nitrogen and oxygen atoms in total. The maximum Gasteiger partial charge on any atom is 0.160 e. The minimum absolute atomic E-state index is 0.0458. The van der Waals surface area contributed by atoms with E-state index in [2.05, 4.69) is 77.8 Å². The van der Waals surface area contributed by atoms with Gasteiger partial charge in [-0.15, -0.1) is 0 Å². The molecule has 2 aliphatic heterocycles. The Labute approximate surface area is 170 Å². The normalized spacial score (nSPS) is 24.2. The zero-order chi connectivity index (χ0) is 19.3. The highest BCUT2D eigenvalue weighted by molar-refractivity contribution is 8.14. The van der Waals surface area contributed by atoms with Crippen molar-refractivity contribution in [3.8, 4) is 0 Å². The second-order valence-electron chi connectivity index (χ2n) is 7.94. The van der Waals surface area contributed by atoms with Crippen LogP contribution in [0.15, 0.2) is 59.9 Å². The van der Waals surface area contributed by atoms with E-state index in [0.29, 0.717) is 12.1 Å². The van der Waals surface area contributed by atoms with Crippen LogP contribution in [0.2, 0.25) is 0 Å². The van der Waals surface area contributed by atoms with Crippen LogP contribution in [0.25, 0.3) is 10.9 Å². The lowest BCUT2D eigenvalue weighted by Crippen LogP contribution is -2.35. The second-order valence-corrected chi connectivity index (χ2v) is 8.93. The van der Waals surface area contributed by atoms with Crippen LogP contribution in [0.1, 0.15) is 56.6 Å². The van der Waals surface area contributed by atoms with Crippen LogP contribution in [0, 0.1) is 0 Å². The first-order valence-corrected chi connectivity index (χ1v) is 11.2. The van der Waals surface area contributed by atoms with Gasteiger partial charge in [-0.1, -0.05) is 43.0 Å². The predicted octanol–water partition coefficient (Wildman–Crippen LogP) is 5.60. The number of hydrogen-bond acceptors (Lipinski definition) is 4. The topological polar surface area (TPSA) is 33.4 Å². The van der Waals surface area contributed by atoms with Gasteiger partial charge in [0.25, 0.3) is 0 Å². The smallest absolute Gasteiger partial charge is 0.160 e. The highest BCUT2D eigenvalue weighted by Crippen LogP contribution is 2.50. The van der Waals surface area contributed by atoms with Gasteiger partial charge in [0.15, 0.2) is 5.17 Å². The summed E-state index contributed by atoms with van der Waals surface area (Å²) in [6.07, 6.45) is 5.39. The SMILES string of the molecule is CC[C@@H]1CSC2=N[C@H](c3ccccn3)[C@H](c3cn(C(C)C)c4ccccc34)N21. The number of para-hydroxylation sites is 1. The molecular weight excluding hydrogens is 364 g/mol. The first kappa shape index (κ1) is 17.8. The Morgan fingerprint density at radius 3 is 2.71 bits per heavy atom. The predicted molar refractivity (Wildman–Crippen MR) is 118 cm³/mol. The third kappa shape index (κ3) is 2.67. The fourth-order valence-electron chi connectivity index (χ4n) is 4.58. The van der Waals surface area contributed by atoms with Crippen LogP contribution in [0.3, 0.4) is 0 Å². The number of nitrogens with zero attached hydrogens (tertiary/aromatic N) is 4. The summed E-state index contributed by atoms with van der Waals surface area (Å²) in [5.74, 6) is 1.13. The van der Waals surface area contributed by atoms with E-state index in [1.54, 1.807) is 0 Å². The minimum Gasteiger partial charge on any atom is -0.345 e. The van der Waals surface area contributed by atoms with E-state index in [1.165, 1.54) is 21.6 Å². The van der Waals surface area contributed by atoms with Crippen molar-refractivity contribution in [2.24, 2.45) is 4.99 Å². The zero-order valence-electron chi connectivity index (χ0n) is 16.6. The van der Waals surface area contributed by atoms with Gasteiger partial charge in [-0.05, 0) is 38.5 Å². The monoisotopic (exact) mass is 390 g/mol. The zero-order valence-corrected chi connectivity index (χ0v) is 17.4. The van der Waals surface area contributed by atoms with E-state index >= 15 is 0 Å². The van der Waals surface area contributed by atoms with Gasteiger partial charge in [0.1, 0.15) is 6.04 Å². The molecule has 3 aromatic rings. The highest BCUT2D eigenvalue weighted by atomic mass is 32.2. The molecule has 1 saturated heterocycles. The van der Waals surface area contributed by atoms with Gasteiger partial charge in [-0.2, -0.15) is 0 Å². The Balaban J connectivity index is 1.71. The van der Waals surface area contributed by atoms with Crippen molar-refractivity contribution in [1.82, 2.24) is 14.5 Å². The lowest BCUT2D eigenvalue weighted by Gasteiger charge is -2.31. The Bertz CT molecular complexity index is 1020. The maximum absolute atomic E-state index is 5.17. The molecule has 0 bridgehead atoms. The number of rotatable bonds is 4. The lowest BCUT2D eigenvalue weighted by molar-refractivity contribution is 0.256. The fraction of sp³-hybridized carbons (Fsp3) is 0.391. The average molecular weight is 391 g/mol. The summed E-state index contributed by atoms with van der Waals surface area (Å²) in [4.78, 5) is 12.4. The maximum atomic E-state index is 5.17.